The molecule has 5 nitrogen and oxygen atoms in total. The van der Waals surface area contributed by atoms with E-state index in [1.54, 1.807) is 7.11 Å². The molecule has 2 rings (SSSR count). The Morgan fingerprint density at radius 1 is 1.32 bits per heavy atom. The molecule has 0 fully saturated rings. The molecule has 2 N–H and O–H groups in total. The van der Waals surface area contributed by atoms with Gasteiger partial charge in [-0.05, 0) is 17.5 Å². The summed E-state index contributed by atoms with van der Waals surface area (Å²) >= 11 is 0. The minimum Gasteiger partial charge on any atom is -0.497 e. The van der Waals surface area contributed by atoms with E-state index in [9.17, 15) is 0 Å². The Morgan fingerprint density at radius 2 is 2.05 bits per heavy atom. The number of hydrogen-bond acceptors (Lipinski definition) is 5. The molecule has 0 radical (unpaired) electrons. The number of methoxy groups -OCH3 is 1. The van der Waals surface area contributed by atoms with Crippen LogP contribution in [0.1, 0.15) is 32.7 Å². The molecule has 102 valence electrons. The number of nitrogens with zero attached hydrogens (tertiary/aromatic N) is 2. The molecule has 0 aliphatic heterocycles. The first kappa shape index (κ1) is 13.5. The normalized spacial score (nSPS) is 13.3. The van der Waals surface area contributed by atoms with Crippen LogP contribution in [0.2, 0.25) is 0 Å². The van der Waals surface area contributed by atoms with Crippen LogP contribution >= 0.6 is 0 Å². The standard InChI is InChI=1S/C14H19N3O2/c1-14(2,3)11(15)13-16-12(17-19-13)9-6-5-7-10(8-9)18-4/h5-8,11H,15H2,1-4H3/t11-/m0/s1. The van der Waals surface area contributed by atoms with Gasteiger partial charge in [0.2, 0.25) is 11.7 Å². The molecule has 1 heterocycles. The fraction of sp³-hybridized carbons (Fsp3) is 0.429. The maximum Gasteiger partial charge on any atom is 0.244 e. The molecule has 0 aliphatic carbocycles. The summed E-state index contributed by atoms with van der Waals surface area (Å²) < 4.78 is 10.4. The maximum atomic E-state index is 6.10. The molecule has 0 spiro atoms. The smallest absolute Gasteiger partial charge is 0.244 e. The second-order valence-electron chi connectivity index (χ2n) is 5.53. The fourth-order valence-electron chi connectivity index (χ4n) is 1.61. The second-order valence-corrected chi connectivity index (χ2v) is 5.53. The third kappa shape index (κ3) is 2.93. The lowest BCUT2D eigenvalue weighted by atomic mass is 9.87. The Morgan fingerprint density at radius 3 is 2.68 bits per heavy atom. The van der Waals surface area contributed by atoms with Crippen LogP contribution in [-0.2, 0) is 0 Å². The predicted molar refractivity (Wildman–Crippen MR) is 72.7 cm³/mol. The van der Waals surface area contributed by atoms with Gasteiger partial charge in [0.25, 0.3) is 0 Å². The van der Waals surface area contributed by atoms with Crippen molar-refractivity contribution in [2.24, 2.45) is 11.1 Å². The Hall–Kier alpha value is -1.88. The van der Waals surface area contributed by atoms with Crippen molar-refractivity contribution in [3.05, 3.63) is 30.2 Å². The van der Waals surface area contributed by atoms with E-state index in [1.807, 2.05) is 45.0 Å². The lowest BCUT2D eigenvalue weighted by molar-refractivity contribution is 0.253. The number of ether oxygens (including phenoxy) is 1. The van der Waals surface area contributed by atoms with Crippen molar-refractivity contribution in [1.29, 1.82) is 0 Å². The van der Waals surface area contributed by atoms with Crippen LogP contribution in [0.4, 0.5) is 0 Å². The first-order valence-electron chi connectivity index (χ1n) is 6.15. The highest BCUT2D eigenvalue weighted by Crippen LogP contribution is 2.30. The van der Waals surface area contributed by atoms with Crippen molar-refractivity contribution in [3.8, 4) is 17.1 Å². The SMILES string of the molecule is COc1cccc(-c2noc([C@H](N)C(C)(C)C)n2)c1. The molecule has 19 heavy (non-hydrogen) atoms. The van der Waals surface area contributed by atoms with Crippen LogP contribution in [0.15, 0.2) is 28.8 Å². The lowest BCUT2D eigenvalue weighted by Gasteiger charge is -2.23. The zero-order chi connectivity index (χ0) is 14.0. The summed E-state index contributed by atoms with van der Waals surface area (Å²) in [6.07, 6.45) is 0. The van der Waals surface area contributed by atoms with Gasteiger partial charge in [0.15, 0.2) is 0 Å². The summed E-state index contributed by atoms with van der Waals surface area (Å²) in [5, 5.41) is 3.97. The van der Waals surface area contributed by atoms with E-state index in [1.165, 1.54) is 0 Å². The molecule has 5 heteroatoms. The van der Waals surface area contributed by atoms with Crippen LogP contribution in [0.25, 0.3) is 11.4 Å². The topological polar surface area (TPSA) is 74.2 Å². The number of benzene rings is 1. The molecular formula is C14H19N3O2. The van der Waals surface area contributed by atoms with Gasteiger partial charge >= 0.3 is 0 Å². The third-order valence-electron chi connectivity index (χ3n) is 2.97. The van der Waals surface area contributed by atoms with Gasteiger partial charge in [-0.1, -0.05) is 38.1 Å². The third-order valence-corrected chi connectivity index (χ3v) is 2.97. The molecular weight excluding hydrogens is 242 g/mol. The van der Waals surface area contributed by atoms with E-state index in [4.69, 9.17) is 15.0 Å². The molecule has 0 bridgehead atoms. The van der Waals surface area contributed by atoms with Gasteiger partial charge in [0.05, 0.1) is 13.2 Å². The van der Waals surface area contributed by atoms with Crippen molar-refractivity contribution in [1.82, 2.24) is 10.1 Å². The van der Waals surface area contributed by atoms with Crippen LogP contribution in [-0.4, -0.2) is 17.3 Å². The van der Waals surface area contributed by atoms with Crippen molar-refractivity contribution in [2.45, 2.75) is 26.8 Å². The van der Waals surface area contributed by atoms with E-state index in [0.29, 0.717) is 11.7 Å². The van der Waals surface area contributed by atoms with E-state index in [2.05, 4.69) is 10.1 Å². The average Bonchev–Trinajstić information content (AvgIpc) is 2.86. The molecule has 1 atom stereocenters. The largest absolute Gasteiger partial charge is 0.497 e. The number of hydrogen-bond donors (Lipinski definition) is 1. The second kappa shape index (κ2) is 5.01. The van der Waals surface area contributed by atoms with E-state index in [-0.39, 0.29) is 11.5 Å². The Labute approximate surface area is 112 Å². The van der Waals surface area contributed by atoms with Crippen molar-refractivity contribution < 1.29 is 9.26 Å². The van der Waals surface area contributed by atoms with Gasteiger partial charge in [-0.25, -0.2) is 0 Å². The summed E-state index contributed by atoms with van der Waals surface area (Å²) in [5.74, 6) is 1.72. The zero-order valence-electron chi connectivity index (χ0n) is 11.7. The first-order chi connectivity index (χ1) is 8.91. The van der Waals surface area contributed by atoms with E-state index >= 15 is 0 Å². The van der Waals surface area contributed by atoms with Crippen LogP contribution in [0, 0.1) is 5.41 Å². The van der Waals surface area contributed by atoms with Gasteiger partial charge in [0.1, 0.15) is 5.75 Å². The Bertz CT molecular complexity index is 558. The monoisotopic (exact) mass is 261 g/mol. The highest BCUT2D eigenvalue weighted by molar-refractivity contribution is 5.56. The summed E-state index contributed by atoms with van der Waals surface area (Å²) in [5.41, 5.74) is 6.81. The molecule has 1 aromatic carbocycles. The quantitative estimate of drug-likeness (QED) is 0.919. The summed E-state index contributed by atoms with van der Waals surface area (Å²) in [6, 6.07) is 7.22. The van der Waals surface area contributed by atoms with Crippen LogP contribution in [0.3, 0.4) is 0 Å². The maximum absolute atomic E-state index is 6.10. The van der Waals surface area contributed by atoms with Crippen LogP contribution < -0.4 is 10.5 Å². The van der Waals surface area contributed by atoms with Crippen molar-refractivity contribution in [3.63, 3.8) is 0 Å². The van der Waals surface area contributed by atoms with E-state index in [0.717, 1.165) is 11.3 Å². The fourth-order valence-corrected chi connectivity index (χ4v) is 1.61. The van der Waals surface area contributed by atoms with E-state index < -0.39 is 0 Å². The molecule has 0 unspecified atom stereocenters. The summed E-state index contributed by atoms with van der Waals surface area (Å²) in [6.45, 7) is 6.10. The minimum absolute atomic E-state index is 0.127. The van der Waals surface area contributed by atoms with Gasteiger partial charge in [-0.15, -0.1) is 0 Å². The molecule has 0 saturated carbocycles. The van der Waals surface area contributed by atoms with Gasteiger partial charge < -0.3 is 15.0 Å². The summed E-state index contributed by atoms with van der Waals surface area (Å²) in [4.78, 5) is 4.36. The van der Waals surface area contributed by atoms with Crippen molar-refractivity contribution in [2.75, 3.05) is 7.11 Å². The van der Waals surface area contributed by atoms with Gasteiger partial charge in [0, 0.05) is 5.56 Å². The number of rotatable bonds is 3. The van der Waals surface area contributed by atoms with Crippen LogP contribution in [0.5, 0.6) is 5.75 Å². The number of aromatic nitrogens is 2. The highest BCUT2D eigenvalue weighted by atomic mass is 16.5. The first-order valence-corrected chi connectivity index (χ1v) is 6.15. The summed E-state index contributed by atoms with van der Waals surface area (Å²) in [7, 11) is 1.62. The lowest BCUT2D eigenvalue weighted by Crippen LogP contribution is -2.26. The number of nitrogens with two attached hydrogens (primary N) is 1. The molecule has 0 saturated heterocycles. The van der Waals surface area contributed by atoms with Gasteiger partial charge in [-0.3, -0.25) is 0 Å². The molecule has 0 aliphatic rings. The Kier molecular flexibility index (Phi) is 3.57. The van der Waals surface area contributed by atoms with Crippen molar-refractivity contribution >= 4 is 0 Å². The molecule has 2 aromatic rings. The average molecular weight is 261 g/mol. The minimum atomic E-state index is -0.292. The Balaban J connectivity index is 2.30. The highest BCUT2D eigenvalue weighted by Gasteiger charge is 2.27. The molecule has 1 aromatic heterocycles. The predicted octanol–water partition coefficient (Wildman–Crippen LogP) is 2.79. The molecule has 0 amide bonds. The van der Waals surface area contributed by atoms with Gasteiger partial charge in [-0.2, -0.15) is 4.98 Å². The zero-order valence-corrected chi connectivity index (χ0v) is 11.7.